The van der Waals surface area contributed by atoms with Crippen molar-refractivity contribution in [3.8, 4) is 0 Å². The van der Waals surface area contributed by atoms with Crippen LogP contribution in [0.3, 0.4) is 0 Å². The number of likely N-dealkylation sites (N-methyl/N-ethyl adjacent to an activating group) is 1. The molecule has 2 amide bonds. The lowest BCUT2D eigenvalue weighted by Gasteiger charge is -2.18. The number of carbonyl (C=O) groups excluding carboxylic acids is 1. The van der Waals surface area contributed by atoms with Crippen LogP contribution in [0, 0.1) is 0 Å². The fraction of sp³-hybridized carbons (Fsp3) is 0.471. The Kier molecular flexibility index (Phi) is 3.52. The molecular weight excluding hydrogens is 346 g/mol. The zero-order chi connectivity index (χ0) is 18.5. The fourth-order valence-corrected chi connectivity index (χ4v) is 3.89. The standard InChI is InChI=1S/C17H21N9O/c1-22-5-6-25(17(22)27)13-7-20-26(9-13)12-3-4-24(8-12)16-14-10-23(2)21-15(14)18-11-19-16/h7,9-12H,3-6,8H2,1-2H3. The Morgan fingerprint density at radius 1 is 1.11 bits per heavy atom. The molecule has 2 aliphatic heterocycles. The molecule has 5 rings (SSSR count). The maximum Gasteiger partial charge on any atom is 0.324 e. The van der Waals surface area contributed by atoms with Gasteiger partial charge in [0.1, 0.15) is 12.1 Å². The molecule has 10 nitrogen and oxygen atoms in total. The first-order chi connectivity index (χ1) is 13.1. The van der Waals surface area contributed by atoms with Crippen molar-refractivity contribution >= 4 is 28.6 Å². The summed E-state index contributed by atoms with van der Waals surface area (Å²) in [5, 5.41) is 9.85. The van der Waals surface area contributed by atoms with Gasteiger partial charge in [0.25, 0.3) is 0 Å². The number of fused-ring (bicyclic) bond motifs is 1. The molecule has 1 unspecified atom stereocenters. The molecule has 5 heterocycles. The molecule has 2 aliphatic rings. The average molecular weight is 367 g/mol. The third kappa shape index (κ3) is 2.59. The molecule has 10 heteroatoms. The number of nitrogens with zero attached hydrogens (tertiary/aromatic N) is 9. The number of hydrogen-bond acceptors (Lipinski definition) is 6. The number of aryl methyl sites for hydroxylation is 1. The van der Waals surface area contributed by atoms with E-state index in [1.165, 1.54) is 0 Å². The fourth-order valence-electron chi connectivity index (χ4n) is 3.89. The lowest BCUT2D eigenvalue weighted by molar-refractivity contribution is 0.229. The van der Waals surface area contributed by atoms with Gasteiger partial charge in [-0.25, -0.2) is 14.8 Å². The summed E-state index contributed by atoms with van der Waals surface area (Å²) in [6.07, 6.45) is 8.26. The van der Waals surface area contributed by atoms with Gasteiger partial charge >= 0.3 is 6.03 Å². The van der Waals surface area contributed by atoms with Crippen LogP contribution in [0.4, 0.5) is 16.3 Å². The van der Waals surface area contributed by atoms with E-state index in [1.54, 1.807) is 27.0 Å². The first-order valence-corrected chi connectivity index (χ1v) is 9.06. The summed E-state index contributed by atoms with van der Waals surface area (Å²) < 4.78 is 3.74. The number of anilines is 2. The molecule has 0 aromatic carbocycles. The third-order valence-electron chi connectivity index (χ3n) is 5.36. The van der Waals surface area contributed by atoms with Crippen LogP contribution >= 0.6 is 0 Å². The number of urea groups is 1. The molecule has 0 spiro atoms. The largest absolute Gasteiger partial charge is 0.354 e. The van der Waals surface area contributed by atoms with E-state index < -0.39 is 0 Å². The number of rotatable bonds is 3. The Morgan fingerprint density at radius 3 is 2.81 bits per heavy atom. The first kappa shape index (κ1) is 16.0. The van der Waals surface area contributed by atoms with Crippen molar-refractivity contribution in [1.82, 2.24) is 34.4 Å². The van der Waals surface area contributed by atoms with E-state index in [2.05, 4.69) is 25.1 Å². The van der Waals surface area contributed by atoms with E-state index in [1.807, 2.05) is 31.2 Å². The van der Waals surface area contributed by atoms with Gasteiger partial charge < -0.3 is 9.80 Å². The van der Waals surface area contributed by atoms with Crippen LogP contribution in [0.5, 0.6) is 0 Å². The van der Waals surface area contributed by atoms with Crippen molar-refractivity contribution in [3.05, 3.63) is 24.9 Å². The topological polar surface area (TPSA) is 88.2 Å². The summed E-state index contributed by atoms with van der Waals surface area (Å²) in [5.74, 6) is 0.916. The van der Waals surface area contributed by atoms with Gasteiger partial charge in [-0.05, 0) is 6.42 Å². The Labute approximate surface area is 156 Å². The molecule has 27 heavy (non-hydrogen) atoms. The van der Waals surface area contributed by atoms with Gasteiger partial charge in [0, 0.05) is 52.7 Å². The number of aromatic nitrogens is 6. The highest BCUT2D eigenvalue weighted by Gasteiger charge is 2.30. The Balaban J connectivity index is 1.36. The summed E-state index contributed by atoms with van der Waals surface area (Å²) in [7, 11) is 3.71. The molecule has 1 atom stereocenters. The van der Waals surface area contributed by atoms with Crippen LogP contribution in [0.1, 0.15) is 12.5 Å². The van der Waals surface area contributed by atoms with Crippen molar-refractivity contribution in [2.45, 2.75) is 12.5 Å². The van der Waals surface area contributed by atoms with Crippen LogP contribution in [0.25, 0.3) is 11.0 Å². The lowest BCUT2D eigenvalue weighted by atomic mass is 10.3. The average Bonchev–Trinajstić information content (AvgIpc) is 3.41. The van der Waals surface area contributed by atoms with E-state index in [-0.39, 0.29) is 12.1 Å². The van der Waals surface area contributed by atoms with Gasteiger partial charge in [-0.3, -0.25) is 14.3 Å². The van der Waals surface area contributed by atoms with Gasteiger partial charge in [0.2, 0.25) is 0 Å². The summed E-state index contributed by atoms with van der Waals surface area (Å²) in [5.41, 5.74) is 1.57. The smallest absolute Gasteiger partial charge is 0.324 e. The second-order valence-corrected chi connectivity index (χ2v) is 7.16. The highest BCUT2D eigenvalue weighted by molar-refractivity contribution is 5.93. The Morgan fingerprint density at radius 2 is 2.00 bits per heavy atom. The zero-order valence-electron chi connectivity index (χ0n) is 15.4. The zero-order valence-corrected chi connectivity index (χ0v) is 15.4. The minimum Gasteiger partial charge on any atom is -0.354 e. The minimum atomic E-state index is 0.0301. The maximum atomic E-state index is 12.2. The van der Waals surface area contributed by atoms with Crippen molar-refractivity contribution in [3.63, 3.8) is 0 Å². The van der Waals surface area contributed by atoms with E-state index in [0.717, 1.165) is 42.9 Å². The molecule has 0 bridgehead atoms. The van der Waals surface area contributed by atoms with Crippen molar-refractivity contribution in [1.29, 1.82) is 0 Å². The maximum absolute atomic E-state index is 12.2. The Hall–Kier alpha value is -3.17. The van der Waals surface area contributed by atoms with Gasteiger partial charge in [0.05, 0.1) is 23.3 Å². The second kappa shape index (κ2) is 5.93. The first-order valence-electron chi connectivity index (χ1n) is 9.06. The summed E-state index contributed by atoms with van der Waals surface area (Å²) in [4.78, 5) is 26.7. The van der Waals surface area contributed by atoms with E-state index in [4.69, 9.17) is 0 Å². The number of hydrogen-bond donors (Lipinski definition) is 0. The summed E-state index contributed by atoms with van der Waals surface area (Å²) in [6.45, 7) is 3.16. The number of carbonyl (C=O) groups is 1. The van der Waals surface area contributed by atoms with E-state index >= 15 is 0 Å². The molecule has 0 aliphatic carbocycles. The van der Waals surface area contributed by atoms with Gasteiger partial charge in [-0.2, -0.15) is 10.2 Å². The second-order valence-electron chi connectivity index (χ2n) is 7.16. The predicted molar refractivity (Wildman–Crippen MR) is 99.8 cm³/mol. The molecule has 3 aromatic rings. The monoisotopic (exact) mass is 367 g/mol. The van der Waals surface area contributed by atoms with Gasteiger partial charge in [-0.1, -0.05) is 0 Å². The summed E-state index contributed by atoms with van der Waals surface area (Å²) in [6, 6.07) is 0.276. The molecule has 140 valence electrons. The number of amides is 2. The van der Waals surface area contributed by atoms with E-state index in [9.17, 15) is 4.79 Å². The van der Waals surface area contributed by atoms with E-state index in [0.29, 0.717) is 12.2 Å². The summed E-state index contributed by atoms with van der Waals surface area (Å²) >= 11 is 0. The van der Waals surface area contributed by atoms with Gasteiger partial charge in [-0.15, -0.1) is 0 Å². The van der Waals surface area contributed by atoms with Crippen LogP contribution in [0.2, 0.25) is 0 Å². The molecule has 0 N–H and O–H groups in total. The highest BCUT2D eigenvalue weighted by Crippen LogP contribution is 2.30. The third-order valence-corrected chi connectivity index (χ3v) is 5.36. The van der Waals surface area contributed by atoms with Crippen LogP contribution in [-0.4, -0.2) is 73.7 Å². The van der Waals surface area contributed by atoms with Gasteiger partial charge in [0.15, 0.2) is 5.65 Å². The van der Waals surface area contributed by atoms with Crippen LogP contribution < -0.4 is 9.80 Å². The highest BCUT2D eigenvalue weighted by atomic mass is 16.2. The predicted octanol–water partition coefficient (Wildman–Crippen LogP) is 0.883. The van der Waals surface area contributed by atoms with Crippen molar-refractivity contribution < 1.29 is 4.79 Å². The van der Waals surface area contributed by atoms with Crippen LogP contribution in [-0.2, 0) is 7.05 Å². The molecule has 2 saturated heterocycles. The van der Waals surface area contributed by atoms with Crippen LogP contribution in [0.15, 0.2) is 24.9 Å². The molecule has 3 aromatic heterocycles. The van der Waals surface area contributed by atoms with Crippen molar-refractivity contribution in [2.75, 3.05) is 43.0 Å². The molecule has 2 fully saturated rings. The van der Waals surface area contributed by atoms with Crippen molar-refractivity contribution in [2.24, 2.45) is 7.05 Å². The molecule has 0 saturated carbocycles. The SMILES string of the molecule is CN1CCN(c2cnn(C3CCN(c4ncnc5nn(C)cc45)C3)c2)C1=O. The lowest BCUT2D eigenvalue weighted by Crippen LogP contribution is -2.28. The molecule has 0 radical (unpaired) electrons. The Bertz CT molecular complexity index is 1010. The quantitative estimate of drug-likeness (QED) is 0.683. The normalized spacial score (nSPS) is 20.4. The molecular formula is C17H21N9O. The minimum absolute atomic E-state index is 0.0301.